The van der Waals surface area contributed by atoms with Gasteiger partial charge in [0.1, 0.15) is 24.1 Å². The summed E-state index contributed by atoms with van der Waals surface area (Å²) in [7, 11) is -2.30. The summed E-state index contributed by atoms with van der Waals surface area (Å²) < 4.78 is 37.8. The number of sulfonamides is 1. The lowest BCUT2D eigenvalue weighted by Crippen LogP contribution is -2.53. The third-order valence-electron chi connectivity index (χ3n) is 6.70. The number of ether oxygens (including phenoxy) is 2. The summed E-state index contributed by atoms with van der Waals surface area (Å²) in [6, 6.07) is 22.4. The molecule has 226 valence electrons. The number of nitrogens with one attached hydrogen (secondary N) is 1. The maximum absolute atomic E-state index is 14.2. The lowest BCUT2D eigenvalue weighted by atomic mass is 10.0. The number of nitrogens with zero attached hydrogens (tertiary/aromatic N) is 2. The Balaban J connectivity index is 2.03. The van der Waals surface area contributed by atoms with Gasteiger partial charge in [0.2, 0.25) is 21.8 Å². The molecule has 0 fully saturated rings. The van der Waals surface area contributed by atoms with Gasteiger partial charge in [-0.2, -0.15) is 0 Å². The van der Waals surface area contributed by atoms with Gasteiger partial charge in [0, 0.05) is 19.5 Å². The van der Waals surface area contributed by atoms with Crippen LogP contribution < -0.4 is 19.1 Å². The van der Waals surface area contributed by atoms with Crippen molar-refractivity contribution in [3.63, 3.8) is 0 Å². The number of amides is 2. The van der Waals surface area contributed by atoms with Crippen LogP contribution in [-0.2, 0) is 32.6 Å². The molecule has 1 atom stereocenters. The minimum atomic E-state index is -3.85. The fraction of sp³-hybridized carbons (Fsp3) is 0.375. The molecule has 0 saturated carbocycles. The van der Waals surface area contributed by atoms with Gasteiger partial charge in [-0.1, -0.05) is 55.8 Å². The van der Waals surface area contributed by atoms with Crippen molar-refractivity contribution < 1.29 is 27.5 Å². The van der Waals surface area contributed by atoms with E-state index in [1.807, 2.05) is 56.3 Å². The molecule has 10 heteroatoms. The summed E-state index contributed by atoms with van der Waals surface area (Å²) in [6.45, 7) is 4.43. The fourth-order valence-electron chi connectivity index (χ4n) is 4.52. The molecule has 1 N–H and O–H groups in total. The van der Waals surface area contributed by atoms with E-state index in [2.05, 4.69) is 5.32 Å². The van der Waals surface area contributed by atoms with Crippen LogP contribution in [0.3, 0.4) is 0 Å². The standard InChI is InChI=1S/C32H41N3O6S/c1-5-7-20-33-32(37)30(22-25-12-9-8-10-13-25)34(23-26-14-11-15-29(21-26)40-3)31(36)24-35(42(4,38)39)27-16-18-28(19-17-27)41-6-2/h8-19,21,30H,5-7,20,22-24H2,1-4H3,(H,33,37)/t30-/m1/s1. The topological polar surface area (TPSA) is 105 Å². The summed E-state index contributed by atoms with van der Waals surface area (Å²) in [5.74, 6) is 0.394. The first-order chi connectivity index (χ1) is 20.2. The molecule has 0 saturated heterocycles. The quantitative estimate of drug-likeness (QED) is 0.246. The van der Waals surface area contributed by atoms with Crippen molar-refractivity contribution in [1.82, 2.24) is 10.2 Å². The van der Waals surface area contributed by atoms with Crippen LogP contribution in [0, 0.1) is 0 Å². The maximum atomic E-state index is 14.2. The summed E-state index contributed by atoms with van der Waals surface area (Å²) in [4.78, 5) is 29.3. The molecular weight excluding hydrogens is 554 g/mol. The predicted molar refractivity (Wildman–Crippen MR) is 165 cm³/mol. The van der Waals surface area contributed by atoms with Crippen molar-refractivity contribution in [2.75, 3.05) is 37.4 Å². The monoisotopic (exact) mass is 595 g/mol. The molecule has 3 aromatic carbocycles. The highest BCUT2D eigenvalue weighted by Crippen LogP contribution is 2.24. The van der Waals surface area contributed by atoms with Crippen molar-refractivity contribution in [2.45, 2.75) is 45.7 Å². The smallest absolute Gasteiger partial charge is 0.244 e. The second kappa shape index (κ2) is 15.8. The highest BCUT2D eigenvalue weighted by atomic mass is 32.2. The Morgan fingerprint density at radius 3 is 2.21 bits per heavy atom. The van der Waals surface area contributed by atoms with Crippen LogP contribution in [-0.4, -0.2) is 64.2 Å². The third kappa shape index (κ3) is 9.51. The molecule has 0 unspecified atom stereocenters. The minimum absolute atomic E-state index is 0.0790. The number of rotatable bonds is 16. The van der Waals surface area contributed by atoms with Crippen molar-refractivity contribution in [2.24, 2.45) is 0 Å². The lowest BCUT2D eigenvalue weighted by Gasteiger charge is -2.33. The zero-order chi connectivity index (χ0) is 30.5. The predicted octanol–water partition coefficient (Wildman–Crippen LogP) is 4.42. The Morgan fingerprint density at radius 2 is 1.60 bits per heavy atom. The third-order valence-corrected chi connectivity index (χ3v) is 7.84. The molecule has 0 radical (unpaired) electrons. The van der Waals surface area contributed by atoms with Crippen LogP contribution in [0.1, 0.15) is 37.8 Å². The van der Waals surface area contributed by atoms with Crippen molar-refractivity contribution >= 4 is 27.5 Å². The van der Waals surface area contributed by atoms with E-state index in [0.717, 1.165) is 34.5 Å². The van der Waals surface area contributed by atoms with E-state index >= 15 is 0 Å². The van der Waals surface area contributed by atoms with E-state index in [1.54, 1.807) is 43.5 Å². The highest BCUT2D eigenvalue weighted by Gasteiger charge is 2.33. The zero-order valence-corrected chi connectivity index (χ0v) is 25.6. The van der Waals surface area contributed by atoms with Crippen molar-refractivity contribution in [1.29, 1.82) is 0 Å². The average Bonchev–Trinajstić information content (AvgIpc) is 2.98. The minimum Gasteiger partial charge on any atom is -0.497 e. The molecule has 42 heavy (non-hydrogen) atoms. The Morgan fingerprint density at radius 1 is 0.905 bits per heavy atom. The van der Waals surface area contributed by atoms with E-state index in [0.29, 0.717) is 30.3 Å². The summed E-state index contributed by atoms with van der Waals surface area (Å²) in [6.07, 6.45) is 3.02. The van der Waals surface area contributed by atoms with E-state index in [4.69, 9.17) is 9.47 Å². The Labute approximate surface area is 249 Å². The number of anilines is 1. The van der Waals surface area contributed by atoms with E-state index in [1.165, 1.54) is 4.90 Å². The molecule has 9 nitrogen and oxygen atoms in total. The van der Waals surface area contributed by atoms with Gasteiger partial charge in [0.05, 0.1) is 25.7 Å². The second-order valence-electron chi connectivity index (χ2n) is 9.92. The maximum Gasteiger partial charge on any atom is 0.244 e. The largest absolute Gasteiger partial charge is 0.497 e. The van der Waals surface area contributed by atoms with Crippen molar-refractivity contribution in [3.8, 4) is 11.5 Å². The van der Waals surface area contributed by atoms with E-state index < -0.39 is 28.5 Å². The lowest BCUT2D eigenvalue weighted by molar-refractivity contribution is -0.140. The van der Waals surface area contributed by atoms with Gasteiger partial charge in [-0.05, 0) is 60.9 Å². The van der Waals surface area contributed by atoms with Crippen LogP contribution in [0.25, 0.3) is 0 Å². The molecule has 0 aliphatic heterocycles. The summed E-state index contributed by atoms with van der Waals surface area (Å²) >= 11 is 0. The van der Waals surface area contributed by atoms with E-state index in [9.17, 15) is 18.0 Å². The first kappa shape index (κ1) is 32.5. The molecule has 0 spiro atoms. The first-order valence-electron chi connectivity index (χ1n) is 14.1. The Bertz CT molecular complexity index is 1400. The van der Waals surface area contributed by atoms with Gasteiger partial charge in [0.25, 0.3) is 0 Å². The number of carbonyl (C=O) groups is 2. The fourth-order valence-corrected chi connectivity index (χ4v) is 5.37. The Hall–Kier alpha value is -4.05. The molecule has 0 aliphatic rings. The molecule has 2 amide bonds. The van der Waals surface area contributed by atoms with Crippen LogP contribution >= 0.6 is 0 Å². The number of hydrogen-bond donors (Lipinski definition) is 1. The van der Waals surface area contributed by atoms with Crippen LogP contribution in [0.2, 0.25) is 0 Å². The van der Waals surface area contributed by atoms with Crippen LogP contribution in [0.5, 0.6) is 11.5 Å². The van der Waals surface area contributed by atoms with Gasteiger partial charge < -0.3 is 19.7 Å². The number of unbranched alkanes of at least 4 members (excludes halogenated alkanes) is 1. The summed E-state index contributed by atoms with van der Waals surface area (Å²) in [5.41, 5.74) is 1.94. The van der Waals surface area contributed by atoms with Crippen molar-refractivity contribution in [3.05, 3.63) is 90.0 Å². The van der Waals surface area contributed by atoms with Gasteiger partial charge in [-0.25, -0.2) is 8.42 Å². The molecule has 3 rings (SSSR count). The molecule has 0 aromatic heterocycles. The first-order valence-corrected chi connectivity index (χ1v) is 16.0. The van der Waals surface area contributed by atoms with Gasteiger partial charge >= 0.3 is 0 Å². The van der Waals surface area contributed by atoms with Crippen LogP contribution in [0.15, 0.2) is 78.9 Å². The van der Waals surface area contributed by atoms with Gasteiger partial charge in [-0.15, -0.1) is 0 Å². The SMILES string of the molecule is CCCCNC(=O)[C@@H](Cc1ccccc1)N(Cc1cccc(OC)c1)C(=O)CN(c1ccc(OCC)cc1)S(C)(=O)=O. The molecule has 0 bridgehead atoms. The number of hydrogen-bond acceptors (Lipinski definition) is 6. The van der Waals surface area contributed by atoms with E-state index in [-0.39, 0.29) is 18.9 Å². The average molecular weight is 596 g/mol. The van der Waals surface area contributed by atoms with Gasteiger partial charge in [0.15, 0.2) is 0 Å². The highest BCUT2D eigenvalue weighted by molar-refractivity contribution is 7.92. The molecule has 0 aliphatic carbocycles. The Kier molecular flexibility index (Phi) is 12.2. The molecule has 0 heterocycles. The number of methoxy groups -OCH3 is 1. The van der Waals surface area contributed by atoms with Gasteiger partial charge in [-0.3, -0.25) is 13.9 Å². The van der Waals surface area contributed by atoms with Crippen LogP contribution in [0.4, 0.5) is 5.69 Å². The zero-order valence-electron chi connectivity index (χ0n) is 24.8. The molecule has 3 aromatic rings. The second-order valence-corrected chi connectivity index (χ2v) is 11.8. The molecular formula is C32H41N3O6S. The normalized spacial score (nSPS) is 11.8. The summed E-state index contributed by atoms with van der Waals surface area (Å²) in [5, 5.41) is 2.98. The number of carbonyl (C=O) groups excluding carboxylic acids is 2. The number of benzene rings is 3.